The minimum atomic E-state index is -0.876. The number of benzene rings is 2. The van der Waals surface area contributed by atoms with Crippen LogP contribution in [-0.4, -0.2) is 11.1 Å². The van der Waals surface area contributed by atoms with Gasteiger partial charge < -0.3 is 10.4 Å². The van der Waals surface area contributed by atoms with E-state index in [-0.39, 0.29) is 18.4 Å². The van der Waals surface area contributed by atoms with Crippen molar-refractivity contribution < 1.29 is 9.90 Å². The van der Waals surface area contributed by atoms with Crippen LogP contribution in [0.2, 0.25) is 0 Å². The number of nitrogens with one attached hydrogen (secondary N) is 1. The molecule has 0 fully saturated rings. The van der Waals surface area contributed by atoms with Crippen LogP contribution in [0.15, 0.2) is 54.6 Å². The summed E-state index contributed by atoms with van der Waals surface area (Å²) in [6.45, 7) is 2.71. The van der Waals surface area contributed by atoms with E-state index >= 15 is 0 Å². The maximum absolute atomic E-state index is 11.2. The van der Waals surface area contributed by atoms with Crippen LogP contribution in [-0.2, 0) is 6.54 Å². The molecule has 0 aliphatic rings. The number of halogens is 1. The molecule has 0 radical (unpaired) electrons. The average Bonchev–Trinajstić information content (AvgIpc) is 2.52. The molecular formula is C18H22ClNO2. The summed E-state index contributed by atoms with van der Waals surface area (Å²) in [7, 11) is 0. The summed E-state index contributed by atoms with van der Waals surface area (Å²) < 4.78 is 0. The van der Waals surface area contributed by atoms with E-state index in [0.29, 0.717) is 12.1 Å². The van der Waals surface area contributed by atoms with Crippen LogP contribution in [0.5, 0.6) is 0 Å². The molecule has 2 aromatic carbocycles. The standard InChI is InChI=1S/C18H21NO2.ClH/c1-2-8-17(14-9-4-3-5-10-14)19-13-15-11-6-7-12-16(15)18(20)21;/h3-7,9-12,17,19H,2,8,13H2,1H3,(H,20,21);1H. The van der Waals surface area contributed by atoms with Crippen LogP contribution in [0, 0.1) is 0 Å². The number of carboxylic acid groups (broad SMARTS) is 1. The molecule has 2 N–H and O–H groups in total. The van der Waals surface area contributed by atoms with Crippen molar-refractivity contribution >= 4 is 18.4 Å². The first-order valence-electron chi connectivity index (χ1n) is 7.32. The van der Waals surface area contributed by atoms with E-state index in [0.717, 1.165) is 18.4 Å². The molecule has 0 aliphatic heterocycles. The highest BCUT2D eigenvalue weighted by Gasteiger charge is 2.13. The van der Waals surface area contributed by atoms with Gasteiger partial charge in [0.05, 0.1) is 5.56 Å². The third-order valence-electron chi connectivity index (χ3n) is 3.57. The summed E-state index contributed by atoms with van der Waals surface area (Å²) in [4.78, 5) is 11.2. The molecule has 2 rings (SSSR count). The van der Waals surface area contributed by atoms with Crippen molar-refractivity contribution in [1.82, 2.24) is 5.32 Å². The molecular weight excluding hydrogens is 298 g/mol. The Morgan fingerprint density at radius 2 is 1.73 bits per heavy atom. The summed E-state index contributed by atoms with van der Waals surface area (Å²) in [5, 5.41) is 12.7. The Morgan fingerprint density at radius 1 is 1.09 bits per heavy atom. The predicted molar refractivity (Wildman–Crippen MR) is 91.6 cm³/mol. The van der Waals surface area contributed by atoms with Gasteiger partial charge in [0.15, 0.2) is 0 Å². The summed E-state index contributed by atoms with van der Waals surface area (Å²) in [5.41, 5.74) is 2.43. The lowest BCUT2D eigenvalue weighted by Gasteiger charge is -2.19. The molecule has 0 saturated carbocycles. The summed E-state index contributed by atoms with van der Waals surface area (Å²) in [5.74, 6) is -0.876. The van der Waals surface area contributed by atoms with Gasteiger partial charge in [-0.15, -0.1) is 12.4 Å². The quantitative estimate of drug-likeness (QED) is 0.793. The van der Waals surface area contributed by atoms with E-state index < -0.39 is 5.97 Å². The molecule has 0 bridgehead atoms. The molecule has 0 amide bonds. The zero-order chi connectivity index (χ0) is 15.1. The fourth-order valence-corrected chi connectivity index (χ4v) is 2.48. The van der Waals surface area contributed by atoms with Crippen LogP contribution in [0.3, 0.4) is 0 Å². The van der Waals surface area contributed by atoms with E-state index in [4.69, 9.17) is 0 Å². The lowest BCUT2D eigenvalue weighted by molar-refractivity contribution is 0.0695. The second-order valence-electron chi connectivity index (χ2n) is 5.10. The first-order chi connectivity index (χ1) is 10.2. The van der Waals surface area contributed by atoms with Crippen LogP contribution in [0.4, 0.5) is 0 Å². The number of hydrogen-bond donors (Lipinski definition) is 2. The highest BCUT2D eigenvalue weighted by atomic mass is 35.5. The molecule has 0 spiro atoms. The third-order valence-corrected chi connectivity index (χ3v) is 3.57. The number of aromatic carboxylic acids is 1. The largest absolute Gasteiger partial charge is 0.478 e. The normalized spacial score (nSPS) is 11.5. The number of hydrogen-bond acceptors (Lipinski definition) is 2. The second kappa shape index (κ2) is 9.23. The minimum absolute atomic E-state index is 0. The highest BCUT2D eigenvalue weighted by Crippen LogP contribution is 2.19. The Balaban J connectivity index is 0.00000242. The third kappa shape index (κ3) is 4.86. The van der Waals surface area contributed by atoms with E-state index in [2.05, 4.69) is 24.4 Å². The van der Waals surface area contributed by atoms with Gasteiger partial charge in [0.1, 0.15) is 0 Å². The molecule has 0 aromatic heterocycles. The van der Waals surface area contributed by atoms with E-state index in [1.807, 2.05) is 30.3 Å². The molecule has 3 nitrogen and oxygen atoms in total. The Kier molecular flexibility index (Phi) is 7.64. The van der Waals surface area contributed by atoms with Crippen molar-refractivity contribution in [3.63, 3.8) is 0 Å². The smallest absolute Gasteiger partial charge is 0.336 e. The van der Waals surface area contributed by atoms with Crippen LogP contribution >= 0.6 is 12.4 Å². The van der Waals surface area contributed by atoms with Gasteiger partial charge >= 0.3 is 5.97 Å². The van der Waals surface area contributed by atoms with Crippen molar-refractivity contribution in [1.29, 1.82) is 0 Å². The van der Waals surface area contributed by atoms with Crippen LogP contribution in [0.1, 0.15) is 47.3 Å². The fraction of sp³-hybridized carbons (Fsp3) is 0.278. The van der Waals surface area contributed by atoms with E-state index in [1.54, 1.807) is 12.1 Å². The van der Waals surface area contributed by atoms with Crippen LogP contribution < -0.4 is 5.32 Å². The molecule has 118 valence electrons. The maximum Gasteiger partial charge on any atom is 0.336 e. The van der Waals surface area contributed by atoms with Gasteiger partial charge in [-0.25, -0.2) is 4.79 Å². The Morgan fingerprint density at radius 3 is 2.36 bits per heavy atom. The second-order valence-corrected chi connectivity index (χ2v) is 5.10. The molecule has 22 heavy (non-hydrogen) atoms. The monoisotopic (exact) mass is 319 g/mol. The zero-order valence-corrected chi connectivity index (χ0v) is 13.5. The first-order valence-corrected chi connectivity index (χ1v) is 7.32. The minimum Gasteiger partial charge on any atom is -0.478 e. The molecule has 1 unspecified atom stereocenters. The van der Waals surface area contributed by atoms with Crippen molar-refractivity contribution in [2.45, 2.75) is 32.4 Å². The highest BCUT2D eigenvalue weighted by molar-refractivity contribution is 5.89. The fourth-order valence-electron chi connectivity index (χ4n) is 2.48. The van der Waals surface area contributed by atoms with E-state index in [1.165, 1.54) is 5.56 Å². The van der Waals surface area contributed by atoms with Gasteiger partial charge in [0.2, 0.25) is 0 Å². The van der Waals surface area contributed by atoms with Gasteiger partial charge in [-0.3, -0.25) is 0 Å². The predicted octanol–water partition coefficient (Wildman–Crippen LogP) is 4.44. The molecule has 4 heteroatoms. The van der Waals surface area contributed by atoms with Crippen molar-refractivity contribution in [2.24, 2.45) is 0 Å². The summed E-state index contributed by atoms with van der Waals surface area (Å²) in [6, 6.07) is 17.7. The number of carboxylic acids is 1. The van der Waals surface area contributed by atoms with Gasteiger partial charge in [0, 0.05) is 12.6 Å². The first kappa shape index (κ1) is 18.2. The van der Waals surface area contributed by atoms with Crippen LogP contribution in [0.25, 0.3) is 0 Å². The molecule has 2 aromatic rings. The van der Waals surface area contributed by atoms with Crippen molar-refractivity contribution in [2.75, 3.05) is 0 Å². The maximum atomic E-state index is 11.2. The summed E-state index contributed by atoms with van der Waals surface area (Å²) in [6.07, 6.45) is 2.10. The lowest BCUT2D eigenvalue weighted by atomic mass is 10.0. The molecule has 1 atom stereocenters. The van der Waals surface area contributed by atoms with Gasteiger partial charge in [-0.1, -0.05) is 61.9 Å². The lowest BCUT2D eigenvalue weighted by Crippen LogP contribution is -2.22. The zero-order valence-electron chi connectivity index (χ0n) is 12.7. The average molecular weight is 320 g/mol. The van der Waals surface area contributed by atoms with Crippen molar-refractivity contribution in [3.05, 3.63) is 71.3 Å². The number of carbonyl (C=O) groups is 1. The Hall–Kier alpha value is -1.84. The molecule has 0 aliphatic carbocycles. The SMILES string of the molecule is CCCC(NCc1ccccc1C(=O)O)c1ccccc1.Cl. The Bertz CT molecular complexity index is 587. The van der Waals surface area contributed by atoms with E-state index in [9.17, 15) is 9.90 Å². The van der Waals surface area contributed by atoms with Gasteiger partial charge in [-0.2, -0.15) is 0 Å². The number of rotatable bonds is 7. The molecule has 0 heterocycles. The van der Waals surface area contributed by atoms with Crippen molar-refractivity contribution in [3.8, 4) is 0 Å². The molecule has 0 saturated heterocycles. The van der Waals surface area contributed by atoms with Gasteiger partial charge in [0.25, 0.3) is 0 Å². The summed E-state index contributed by atoms with van der Waals surface area (Å²) >= 11 is 0. The van der Waals surface area contributed by atoms with Gasteiger partial charge in [-0.05, 0) is 23.6 Å². The Labute approximate surface area is 137 Å². The topological polar surface area (TPSA) is 49.3 Å².